The van der Waals surface area contributed by atoms with Gasteiger partial charge in [0, 0.05) is 28.4 Å². The van der Waals surface area contributed by atoms with Gasteiger partial charge in [0.15, 0.2) is 11.6 Å². The molecule has 35 heavy (non-hydrogen) atoms. The SMILES string of the molecule is O=C(/N=C(/Nc1cccc(Cl)c1)N[C@H]1CC[C@H](NC(=O)c2cccs2)CC1)c1ccc(F)c(F)c1. The maximum absolute atomic E-state index is 13.6. The highest BCUT2D eigenvalue weighted by Crippen LogP contribution is 2.21. The van der Waals surface area contributed by atoms with Crippen LogP contribution in [-0.2, 0) is 0 Å². The van der Waals surface area contributed by atoms with Crippen LogP contribution in [0.15, 0.2) is 65.0 Å². The first kappa shape index (κ1) is 24.8. The summed E-state index contributed by atoms with van der Waals surface area (Å²) >= 11 is 7.47. The van der Waals surface area contributed by atoms with Crippen molar-refractivity contribution in [2.75, 3.05) is 5.32 Å². The van der Waals surface area contributed by atoms with Gasteiger partial charge in [-0.2, -0.15) is 4.99 Å². The van der Waals surface area contributed by atoms with Gasteiger partial charge in [-0.25, -0.2) is 8.78 Å². The topological polar surface area (TPSA) is 82.6 Å². The Kier molecular flexibility index (Phi) is 8.09. The second kappa shape index (κ2) is 11.4. The van der Waals surface area contributed by atoms with Crippen molar-refractivity contribution in [1.82, 2.24) is 10.6 Å². The lowest BCUT2D eigenvalue weighted by atomic mass is 9.91. The van der Waals surface area contributed by atoms with E-state index in [-0.39, 0.29) is 29.5 Å². The molecule has 0 bridgehead atoms. The fourth-order valence-corrected chi connectivity index (χ4v) is 4.65. The van der Waals surface area contributed by atoms with Crippen molar-refractivity contribution < 1.29 is 18.4 Å². The smallest absolute Gasteiger partial charge is 0.280 e. The number of thiophene rings is 1. The minimum atomic E-state index is -1.12. The summed E-state index contributed by atoms with van der Waals surface area (Å²) in [6, 6.07) is 13.5. The molecule has 1 heterocycles. The summed E-state index contributed by atoms with van der Waals surface area (Å²) in [5, 5.41) is 11.7. The van der Waals surface area contributed by atoms with Gasteiger partial charge < -0.3 is 16.0 Å². The molecule has 4 rings (SSSR count). The number of nitrogens with one attached hydrogen (secondary N) is 3. The Morgan fingerprint density at radius 3 is 2.31 bits per heavy atom. The van der Waals surface area contributed by atoms with E-state index in [2.05, 4.69) is 20.9 Å². The highest BCUT2D eigenvalue weighted by molar-refractivity contribution is 7.12. The first-order valence-electron chi connectivity index (χ1n) is 11.1. The predicted molar refractivity (Wildman–Crippen MR) is 134 cm³/mol. The molecule has 0 spiro atoms. The van der Waals surface area contributed by atoms with E-state index in [1.165, 1.54) is 17.4 Å². The zero-order valence-electron chi connectivity index (χ0n) is 18.6. The molecule has 3 N–H and O–H groups in total. The van der Waals surface area contributed by atoms with Gasteiger partial charge >= 0.3 is 0 Å². The molecule has 0 radical (unpaired) electrons. The molecule has 2 amide bonds. The number of aliphatic imine (C=N–C) groups is 1. The fraction of sp³-hybridized carbons (Fsp3) is 0.240. The van der Waals surface area contributed by atoms with Crippen LogP contribution in [0.3, 0.4) is 0 Å². The van der Waals surface area contributed by atoms with Crippen molar-refractivity contribution >= 4 is 46.4 Å². The lowest BCUT2D eigenvalue weighted by Gasteiger charge is -2.30. The van der Waals surface area contributed by atoms with Crippen molar-refractivity contribution in [1.29, 1.82) is 0 Å². The first-order chi connectivity index (χ1) is 16.9. The van der Waals surface area contributed by atoms with E-state index < -0.39 is 17.5 Å². The zero-order valence-corrected chi connectivity index (χ0v) is 20.1. The summed E-state index contributed by atoms with van der Waals surface area (Å²) in [6.07, 6.45) is 3.00. The molecule has 0 aliphatic heterocycles. The summed E-state index contributed by atoms with van der Waals surface area (Å²) in [5.41, 5.74) is 0.537. The predicted octanol–water partition coefficient (Wildman–Crippen LogP) is 5.62. The molecule has 0 saturated heterocycles. The van der Waals surface area contributed by atoms with Gasteiger partial charge in [0.1, 0.15) is 0 Å². The van der Waals surface area contributed by atoms with E-state index in [1.807, 2.05) is 11.4 Å². The third-order valence-electron chi connectivity index (χ3n) is 5.62. The van der Waals surface area contributed by atoms with Crippen molar-refractivity contribution in [2.24, 2.45) is 4.99 Å². The molecule has 6 nitrogen and oxygen atoms in total. The van der Waals surface area contributed by atoms with Gasteiger partial charge in [-0.15, -0.1) is 11.3 Å². The second-order valence-electron chi connectivity index (χ2n) is 8.17. The van der Waals surface area contributed by atoms with Crippen LogP contribution in [0.25, 0.3) is 0 Å². The van der Waals surface area contributed by atoms with Crippen molar-refractivity contribution in [2.45, 2.75) is 37.8 Å². The zero-order chi connectivity index (χ0) is 24.8. The molecule has 1 saturated carbocycles. The number of carbonyl (C=O) groups is 2. The van der Waals surface area contributed by atoms with Gasteiger partial charge in [0.05, 0.1) is 4.88 Å². The number of nitrogens with zero attached hydrogens (tertiary/aromatic N) is 1. The lowest BCUT2D eigenvalue weighted by Crippen LogP contribution is -2.45. The third kappa shape index (κ3) is 6.86. The third-order valence-corrected chi connectivity index (χ3v) is 6.72. The number of guanidine groups is 1. The average Bonchev–Trinajstić information content (AvgIpc) is 3.37. The Morgan fingerprint density at radius 1 is 0.914 bits per heavy atom. The molecule has 10 heteroatoms. The first-order valence-corrected chi connectivity index (χ1v) is 12.3. The normalized spacial score (nSPS) is 18.1. The second-order valence-corrected chi connectivity index (χ2v) is 9.56. The van der Waals surface area contributed by atoms with E-state index in [1.54, 1.807) is 30.3 Å². The summed E-state index contributed by atoms with van der Waals surface area (Å²) < 4.78 is 26.9. The summed E-state index contributed by atoms with van der Waals surface area (Å²) in [5.74, 6) is -2.78. The van der Waals surface area contributed by atoms with Gasteiger partial charge in [-0.3, -0.25) is 9.59 Å². The molecule has 1 aliphatic carbocycles. The number of benzene rings is 2. The molecule has 1 aromatic heterocycles. The van der Waals surface area contributed by atoms with E-state index in [9.17, 15) is 18.4 Å². The Bertz CT molecular complexity index is 1230. The summed E-state index contributed by atoms with van der Waals surface area (Å²) in [7, 11) is 0. The van der Waals surface area contributed by atoms with Crippen molar-refractivity contribution in [3.05, 3.63) is 87.1 Å². The summed E-state index contributed by atoms with van der Waals surface area (Å²) in [4.78, 5) is 29.8. The van der Waals surface area contributed by atoms with Gasteiger partial charge in [0.2, 0.25) is 5.96 Å². The van der Waals surface area contributed by atoms with Gasteiger partial charge in [0.25, 0.3) is 11.8 Å². The van der Waals surface area contributed by atoms with Crippen molar-refractivity contribution in [3.63, 3.8) is 0 Å². The molecule has 0 atom stereocenters. The molecular formula is C25H23ClF2N4O2S. The highest BCUT2D eigenvalue weighted by Gasteiger charge is 2.24. The number of carbonyl (C=O) groups excluding carboxylic acids is 2. The number of anilines is 1. The van der Waals surface area contributed by atoms with Crippen molar-refractivity contribution in [3.8, 4) is 0 Å². The Balaban J connectivity index is 1.43. The lowest BCUT2D eigenvalue weighted by molar-refractivity contribution is 0.0928. The highest BCUT2D eigenvalue weighted by atomic mass is 35.5. The van der Waals surface area contributed by atoms with Crippen LogP contribution in [0.4, 0.5) is 14.5 Å². The number of rotatable bonds is 5. The average molecular weight is 517 g/mol. The van der Waals surface area contributed by atoms with Crippen LogP contribution < -0.4 is 16.0 Å². The largest absolute Gasteiger partial charge is 0.353 e. The molecule has 3 aromatic rings. The quantitative estimate of drug-likeness (QED) is 0.304. The van der Waals surface area contributed by atoms with Gasteiger partial charge in [-0.1, -0.05) is 23.7 Å². The monoisotopic (exact) mass is 516 g/mol. The van der Waals surface area contributed by atoms with E-state index >= 15 is 0 Å². The van der Waals surface area contributed by atoms with Crippen LogP contribution in [0.2, 0.25) is 5.02 Å². The fourth-order valence-electron chi connectivity index (χ4n) is 3.83. The standard InChI is InChI=1S/C25H23ClF2N4O2S/c26-16-3-1-4-19(14-16)31-25(32-23(33)15-6-11-20(27)21(28)13-15)30-18-9-7-17(8-10-18)29-24(34)22-5-2-12-35-22/h1-6,11-14,17-18H,7-10H2,(H,29,34)(H2,30,31,32,33)/t17-,18-. The van der Waals surface area contributed by atoms with Crippen LogP contribution >= 0.6 is 22.9 Å². The molecule has 1 fully saturated rings. The van der Waals surface area contributed by atoms with E-state index in [0.717, 1.165) is 37.8 Å². The van der Waals surface area contributed by atoms with E-state index in [4.69, 9.17) is 11.6 Å². The Hall–Kier alpha value is -3.30. The summed E-state index contributed by atoms with van der Waals surface area (Å²) in [6.45, 7) is 0. The molecule has 0 unspecified atom stereocenters. The number of amides is 2. The maximum atomic E-state index is 13.6. The van der Waals surface area contributed by atoms with Crippen LogP contribution in [-0.4, -0.2) is 29.9 Å². The van der Waals surface area contributed by atoms with Crippen LogP contribution in [0.1, 0.15) is 45.7 Å². The minimum absolute atomic E-state index is 0.00641. The minimum Gasteiger partial charge on any atom is -0.353 e. The van der Waals surface area contributed by atoms with Gasteiger partial charge in [-0.05, 0) is 73.5 Å². The molecular weight excluding hydrogens is 494 g/mol. The number of hydrogen-bond acceptors (Lipinski definition) is 3. The molecule has 1 aliphatic rings. The Morgan fingerprint density at radius 2 is 1.66 bits per heavy atom. The van der Waals surface area contributed by atoms with Crippen LogP contribution in [0, 0.1) is 11.6 Å². The van der Waals surface area contributed by atoms with Crippen LogP contribution in [0.5, 0.6) is 0 Å². The van der Waals surface area contributed by atoms with E-state index in [0.29, 0.717) is 15.6 Å². The number of hydrogen-bond donors (Lipinski definition) is 3. The molecule has 2 aromatic carbocycles. The number of halogens is 3. The molecule has 182 valence electrons. The Labute approximate surface area is 210 Å². The maximum Gasteiger partial charge on any atom is 0.280 e.